The molecule has 0 spiro atoms. The molecular formula is C5H6O4. The average molecular weight is 130 g/mol. The zero-order valence-electron chi connectivity index (χ0n) is 4.87. The van der Waals surface area contributed by atoms with Crippen molar-refractivity contribution in [3.8, 4) is 0 Å². The van der Waals surface area contributed by atoms with Crippen LogP contribution in [0.4, 0.5) is 0 Å². The molecule has 0 saturated carbocycles. The smallest absolute Gasteiger partial charge is 0.389 e. The number of hydrogen-bond acceptors (Lipinski definition) is 4. The van der Waals surface area contributed by atoms with Crippen LogP contribution in [-0.2, 0) is 19.0 Å². The van der Waals surface area contributed by atoms with Gasteiger partial charge >= 0.3 is 12.3 Å². The number of hydrogen-bond donors (Lipinski definition) is 0. The second-order valence-corrected chi connectivity index (χ2v) is 1.40. The van der Waals surface area contributed by atoms with E-state index in [2.05, 4.69) is 14.2 Å². The molecule has 1 aliphatic rings. The zero-order chi connectivity index (χ0) is 6.69. The maximum Gasteiger partial charge on any atom is 0.389 e. The molecule has 1 aliphatic heterocycles. The Morgan fingerprint density at radius 3 is 2.56 bits per heavy atom. The second kappa shape index (κ2) is 2.39. The van der Waals surface area contributed by atoms with Crippen LogP contribution in [0, 0.1) is 0 Å². The van der Waals surface area contributed by atoms with E-state index in [1.165, 1.54) is 19.6 Å². The molecule has 50 valence electrons. The van der Waals surface area contributed by atoms with Gasteiger partial charge in [-0.15, -0.1) is 0 Å². The molecule has 0 radical (unpaired) electrons. The fourth-order valence-electron chi connectivity index (χ4n) is 0.446. The zero-order valence-corrected chi connectivity index (χ0v) is 4.87. The van der Waals surface area contributed by atoms with E-state index in [0.29, 0.717) is 0 Å². The Morgan fingerprint density at radius 1 is 1.56 bits per heavy atom. The van der Waals surface area contributed by atoms with Crippen molar-refractivity contribution in [2.75, 3.05) is 7.11 Å². The van der Waals surface area contributed by atoms with Gasteiger partial charge in [0.05, 0.1) is 7.11 Å². The lowest BCUT2D eigenvalue weighted by Gasteiger charge is -2.05. The lowest BCUT2D eigenvalue weighted by Crippen LogP contribution is -2.22. The van der Waals surface area contributed by atoms with Crippen molar-refractivity contribution < 1.29 is 19.0 Å². The molecule has 0 N–H and O–H groups in total. The van der Waals surface area contributed by atoms with Gasteiger partial charge in [-0.25, -0.2) is 4.79 Å². The summed E-state index contributed by atoms with van der Waals surface area (Å²) in [6.07, 6.45) is 1.69. The van der Waals surface area contributed by atoms with E-state index in [-0.39, 0.29) is 0 Å². The van der Waals surface area contributed by atoms with Crippen molar-refractivity contribution in [1.82, 2.24) is 0 Å². The molecule has 4 heteroatoms. The van der Waals surface area contributed by atoms with Crippen LogP contribution in [-0.4, -0.2) is 19.4 Å². The average Bonchev–Trinajstić information content (AvgIpc) is 2.37. The topological polar surface area (TPSA) is 44.8 Å². The van der Waals surface area contributed by atoms with Crippen molar-refractivity contribution in [3.05, 3.63) is 12.5 Å². The lowest BCUT2D eigenvalue weighted by atomic mass is 10.6. The molecule has 0 aromatic heterocycles. The van der Waals surface area contributed by atoms with Crippen molar-refractivity contribution in [2.24, 2.45) is 0 Å². The van der Waals surface area contributed by atoms with Gasteiger partial charge in [0, 0.05) is 0 Å². The molecule has 0 aromatic rings. The first-order chi connectivity index (χ1) is 4.34. The number of methoxy groups -OCH3 is 1. The Balaban J connectivity index is 2.36. The van der Waals surface area contributed by atoms with Gasteiger partial charge in [0.25, 0.3) is 0 Å². The van der Waals surface area contributed by atoms with Crippen LogP contribution in [0.3, 0.4) is 0 Å². The highest BCUT2D eigenvalue weighted by molar-refractivity contribution is 5.73. The maximum atomic E-state index is 10.5. The number of ether oxygens (including phenoxy) is 3. The molecule has 0 saturated heterocycles. The summed E-state index contributed by atoms with van der Waals surface area (Å²) in [5, 5.41) is 0. The van der Waals surface area contributed by atoms with Crippen molar-refractivity contribution >= 4 is 5.97 Å². The van der Waals surface area contributed by atoms with Gasteiger partial charge in [-0.2, -0.15) is 0 Å². The molecule has 1 rings (SSSR count). The van der Waals surface area contributed by atoms with Crippen LogP contribution >= 0.6 is 0 Å². The van der Waals surface area contributed by atoms with E-state index in [4.69, 9.17) is 0 Å². The molecule has 0 unspecified atom stereocenters. The maximum absolute atomic E-state index is 10.5. The molecule has 0 aromatic carbocycles. The SMILES string of the molecule is COC(=O)C1OC=CO1. The Labute approximate surface area is 52.0 Å². The summed E-state index contributed by atoms with van der Waals surface area (Å²) in [6.45, 7) is 0. The van der Waals surface area contributed by atoms with Gasteiger partial charge in [0.15, 0.2) is 0 Å². The van der Waals surface area contributed by atoms with Crippen LogP contribution in [0.15, 0.2) is 12.5 Å². The minimum atomic E-state index is -0.894. The van der Waals surface area contributed by atoms with Gasteiger partial charge < -0.3 is 14.2 Å². The predicted molar refractivity (Wildman–Crippen MR) is 27.1 cm³/mol. The third kappa shape index (κ3) is 1.13. The summed E-state index contributed by atoms with van der Waals surface area (Å²) in [5.74, 6) is -0.528. The summed E-state index contributed by atoms with van der Waals surface area (Å²) < 4.78 is 13.6. The minimum absolute atomic E-state index is 0.528. The third-order valence-electron chi connectivity index (χ3n) is 0.854. The summed E-state index contributed by atoms with van der Waals surface area (Å²) in [7, 11) is 1.27. The number of carbonyl (C=O) groups excluding carboxylic acids is 1. The fraction of sp³-hybridized carbons (Fsp3) is 0.400. The van der Waals surface area contributed by atoms with Crippen LogP contribution in [0.1, 0.15) is 0 Å². The van der Waals surface area contributed by atoms with E-state index >= 15 is 0 Å². The van der Waals surface area contributed by atoms with Gasteiger partial charge in [0.2, 0.25) is 0 Å². The second-order valence-electron chi connectivity index (χ2n) is 1.40. The lowest BCUT2D eigenvalue weighted by molar-refractivity contribution is -0.166. The quantitative estimate of drug-likeness (QED) is 0.469. The first-order valence-electron chi connectivity index (χ1n) is 2.38. The Morgan fingerprint density at radius 2 is 2.11 bits per heavy atom. The summed E-state index contributed by atoms with van der Waals surface area (Å²) in [4.78, 5) is 10.5. The molecular weight excluding hydrogens is 124 g/mol. The van der Waals surface area contributed by atoms with Gasteiger partial charge in [-0.3, -0.25) is 0 Å². The Bertz CT molecular complexity index is 132. The summed E-state index contributed by atoms with van der Waals surface area (Å²) in [6, 6.07) is 0. The Hall–Kier alpha value is -1.19. The highest BCUT2D eigenvalue weighted by Gasteiger charge is 2.22. The van der Waals surface area contributed by atoms with E-state index < -0.39 is 12.3 Å². The monoisotopic (exact) mass is 130 g/mol. The van der Waals surface area contributed by atoms with Crippen molar-refractivity contribution in [1.29, 1.82) is 0 Å². The molecule has 4 nitrogen and oxygen atoms in total. The summed E-state index contributed by atoms with van der Waals surface area (Å²) >= 11 is 0. The molecule has 0 fully saturated rings. The molecule has 0 amide bonds. The minimum Gasteiger partial charge on any atom is -0.463 e. The van der Waals surface area contributed by atoms with E-state index in [1.807, 2.05) is 0 Å². The van der Waals surface area contributed by atoms with Crippen LogP contribution in [0.25, 0.3) is 0 Å². The molecule has 9 heavy (non-hydrogen) atoms. The van der Waals surface area contributed by atoms with Crippen molar-refractivity contribution in [2.45, 2.75) is 6.29 Å². The van der Waals surface area contributed by atoms with E-state index in [0.717, 1.165) is 0 Å². The number of esters is 1. The first kappa shape index (κ1) is 5.94. The summed E-state index contributed by atoms with van der Waals surface area (Å²) in [5.41, 5.74) is 0. The van der Waals surface area contributed by atoms with E-state index in [1.54, 1.807) is 0 Å². The normalized spacial score (nSPS) is 16.6. The number of rotatable bonds is 1. The van der Waals surface area contributed by atoms with Crippen molar-refractivity contribution in [3.63, 3.8) is 0 Å². The van der Waals surface area contributed by atoms with E-state index in [9.17, 15) is 4.79 Å². The van der Waals surface area contributed by atoms with Gasteiger partial charge in [-0.05, 0) is 0 Å². The largest absolute Gasteiger partial charge is 0.463 e. The first-order valence-corrected chi connectivity index (χ1v) is 2.38. The standard InChI is InChI=1S/C5H6O4/c1-7-4(6)5-8-2-3-9-5/h2-3,5H,1H3. The van der Waals surface area contributed by atoms with Gasteiger partial charge in [0.1, 0.15) is 12.5 Å². The van der Waals surface area contributed by atoms with Crippen LogP contribution < -0.4 is 0 Å². The highest BCUT2D eigenvalue weighted by atomic mass is 16.7. The predicted octanol–water partition coefficient (Wildman–Crippen LogP) is 0.00350. The Kier molecular flexibility index (Phi) is 1.58. The van der Waals surface area contributed by atoms with Crippen LogP contribution in [0.2, 0.25) is 0 Å². The molecule has 0 bridgehead atoms. The highest BCUT2D eigenvalue weighted by Crippen LogP contribution is 2.05. The third-order valence-corrected chi connectivity index (χ3v) is 0.854. The molecule has 1 heterocycles. The number of carbonyl (C=O) groups is 1. The van der Waals surface area contributed by atoms with Gasteiger partial charge in [-0.1, -0.05) is 0 Å². The molecule has 0 aliphatic carbocycles. The van der Waals surface area contributed by atoms with Crippen LogP contribution in [0.5, 0.6) is 0 Å². The molecule has 0 atom stereocenters. The fourth-order valence-corrected chi connectivity index (χ4v) is 0.446.